The Hall–Kier alpha value is -0.970. The molecule has 1 atom stereocenters. The minimum Gasteiger partial charge on any atom is -0.490 e. The van der Waals surface area contributed by atoms with Crippen LogP contribution in [0.1, 0.15) is 39.0 Å². The van der Waals surface area contributed by atoms with Gasteiger partial charge in [0.05, 0.1) is 7.11 Å². The highest BCUT2D eigenvalue weighted by molar-refractivity contribution is 7.11. The molecule has 1 fully saturated rings. The van der Waals surface area contributed by atoms with E-state index in [1.54, 1.807) is 7.11 Å². The van der Waals surface area contributed by atoms with Gasteiger partial charge in [0, 0.05) is 13.1 Å². The van der Waals surface area contributed by atoms with Crippen molar-refractivity contribution < 1.29 is 4.74 Å². The third-order valence-corrected chi connectivity index (χ3v) is 4.60. The van der Waals surface area contributed by atoms with Gasteiger partial charge in [-0.1, -0.05) is 19.8 Å². The van der Waals surface area contributed by atoms with Gasteiger partial charge in [0.2, 0.25) is 0 Å². The summed E-state index contributed by atoms with van der Waals surface area (Å²) in [5.74, 6) is 2.16. The second-order valence-corrected chi connectivity index (χ2v) is 5.73. The summed E-state index contributed by atoms with van der Waals surface area (Å²) in [5, 5.41) is 1.10. The number of hydrogen-bond donors (Lipinski definition) is 1. The highest BCUT2D eigenvalue weighted by Gasteiger charge is 2.22. The van der Waals surface area contributed by atoms with Crippen molar-refractivity contribution in [3.63, 3.8) is 0 Å². The molecule has 1 aromatic heterocycles. The number of nitrogens with zero attached hydrogens (tertiary/aromatic N) is 2. The molecule has 0 aromatic carbocycles. The molecule has 2 N–H and O–H groups in total. The molecule has 2 rings (SSSR count). The first-order chi connectivity index (χ1) is 8.76. The Morgan fingerprint density at radius 3 is 3.00 bits per heavy atom. The van der Waals surface area contributed by atoms with Gasteiger partial charge in [-0.05, 0) is 36.7 Å². The van der Waals surface area contributed by atoms with Crippen molar-refractivity contribution in [2.45, 2.75) is 39.0 Å². The van der Waals surface area contributed by atoms with Crippen molar-refractivity contribution in [3.8, 4) is 5.75 Å². The van der Waals surface area contributed by atoms with Crippen LogP contribution >= 0.6 is 11.5 Å². The molecule has 0 aliphatic carbocycles. The lowest BCUT2D eigenvalue weighted by molar-refractivity contribution is 0.417. The summed E-state index contributed by atoms with van der Waals surface area (Å²) >= 11 is 1.46. The van der Waals surface area contributed by atoms with Gasteiger partial charge in [0.15, 0.2) is 16.6 Å². The van der Waals surface area contributed by atoms with Gasteiger partial charge in [-0.15, -0.1) is 0 Å². The molecule has 0 spiro atoms. The van der Waals surface area contributed by atoms with Gasteiger partial charge >= 0.3 is 0 Å². The molecule has 0 bridgehead atoms. The summed E-state index contributed by atoms with van der Waals surface area (Å²) in [6.07, 6.45) is 6.53. The fourth-order valence-electron chi connectivity index (χ4n) is 2.74. The molecule has 0 saturated carbocycles. The van der Waals surface area contributed by atoms with Gasteiger partial charge in [-0.3, -0.25) is 0 Å². The lowest BCUT2D eigenvalue weighted by Gasteiger charge is -2.21. The number of rotatable bonds is 4. The number of hydrogen-bond acceptors (Lipinski definition) is 5. The molecule has 0 radical (unpaired) electrons. The van der Waals surface area contributed by atoms with Gasteiger partial charge in [0.1, 0.15) is 0 Å². The first kappa shape index (κ1) is 13.5. The summed E-state index contributed by atoms with van der Waals surface area (Å²) in [6, 6.07) is 0. The number of ether oxygens (including phenoxy) is 1. The smallest absolute Gasteiger partial charge is 0.197 e. The van der Waals surface area contributed by atoms with Gasteiger partial charge in [-0.2, -0.15) is 4.37 Å². The molecular weight excluding hydrogens is 246 g/mol. The van der Waals surface area contributed by atoms with Crippen molar-refractivity contribution >= 4 is 22.4 Å². The molecule has 1 aromatic rings. The standard InChI is InChI=1S/C13H23N3OS/c1-3-5-10-6-4-8-16(9-7-10)13-11(17-2)12(14)15-18-13/h10H,3-9H2,1-2H3,(H2,14,15). The van der Waals surface area contributed by atoms with E-state index in [1.807, 2.05) is 0 Å². The zero-order chi connectivity index (χ0) is 13.0. The monoisotopic (exact) mass is 269 g/mol. The van der Waals surface area contributed by atoms with E-state index in [2.05, 4.69) is 16.2 Å². The van der Waals surface area contributed by atoms with Crippen molar-refractivity contribution in [2.75, 3.05) is 30.8 Å². The van der Waals surface area contributed by atoms with Crippen molar-refractivity contribution in [1.29, 1.82) is 0 Å². The predicted octanol–water partition coefficient (Wildman–Crippen LogP) is 3.14. The topological polar surface area (TPSA) is 51.4 Å². The highest BCUT2D eigenvalue weighted by atomic mass is 32.1. The van der Waals surface area contributed by atoms with E-state index >= 15 is 0 Å². The van der Waals surface area contributed by atoms with Crippen LogP contribution in [0.3, 0.4) is 0 Å². The lowest BCUT2D eigenvalue weighted by Crippen LogP contribution is -2.23. The van der Waals surface area contributed by atoms with Crippen LogP contribution in [0.5, 0.6) is 5.75 Å². The van der Waals surface area contributed by atoms with Crippen molar-refractivity contribution in [3.05, 3.63) is 0 Å². The van der Waals surface area contributed by atoms with Crippen LogP contribution in [0.25, 0.3) is 0 Å². The third-order valence-electron chi connectivity index (χ3n) is 3.69. The molecule has 1 aliphatic rings. The number of aromatic nitrogens is 1. The Labute approximate surface area is 113 Å². The Morgan fingerprint density at radius 1 is 1.44 bits per heavy atom. The fourth-order valence-corrected chi connectivity index (χ4v) is 3.58. The van der Waals surface area contributed by atoms with Gasteiger partial charge in [-0.25, -0.2) is 0 Å². The van der Waals surface area contributed by atoms with E-state index in [9.17, 15) is 0 Å². The normalized spacial score (nSPS) is 20.8. The Bertz CT molecular complexity index is 380. The number of nitrogen functional groups attached to an aromatic ring is 1. The Morgan fingerprint density at radius 2 is 2.28 bits per heavy atom. The van der Waals surface area contributed by atoms with Gasteiger partial charge < -0.3 is 15.4 Å². The van der Waals surface area contributed by atoms with Crippen molar-refractivity contribution in [2.24, 2.45) is 5.92 Å². The second kappa shape index (κ2) is 6.27. The van der Waals surface area contributed by atoms with E-state index in [4.69, 9.17) is 10.5 Å². The summed E-state index contributed by atoms with van der Waals surface area (Å²) in [4.78, 5) is 2.39. The summed E-state index contributed by atoms with van der Waals surface area (Å²) in [5.41, 5.74) is 5.82. The summed E-state index contributed by atoms with van der Waals surface area (Å²) < 4.78 is 9.57. The molecule has 1 unspecified atom stereocenters. The summed E-state index contributed by atoms with van der Waals surface area (Å²) in [6.45, 7) is 4.47. The zero-order valence-electron chi connectivity index (χ0n) is 11.3. The first-order valence-electron chi connectivity index (χ1n) is 6.80. The van der Waals surface area contributed by atoms with E-state index in [1.165, 1.54) is 43.6 Å². The van der Waals surface area contributed by atoms with Crippen LogP contribution in [-0.2, 0) is 0 Å². The largest absolute Gasteiger partial charge is 0.490 e. The Balaban J connectivity index is 2.05. The van der Waals surface area contributed by atoms with Crippen LogP contribution in [0.15, 0.2) is 0 Å². The maximum Gasteiger partial charge on any atom is 0.197 e. The Kier molecular flexibility index (Phi) is 4.69. The van der Waals surface area contributed by atoms with Crippen LogP contribution in [0.4, 0.5) is 10.8 Å². The molecule has 102 valence electrons. The predicted molar refractivity (Wildman–Crippen MR) is 77.5 cm³/mol. The molecule has 1 saturated heterocycles. The number of nitrogens with two attached hydrogens (primary N) is 1. The maximum atomic E-state index is 5.82. The lowest BCUT2D eigenvalue weighted by atomic mass is 9.96. The molecule has 1 aliphatic heterocycles. The van der Waals surface area contributed by atoms with Crippen LogP contribution in [0.2, 0.25) is 0 Å². The SMILES string of the molecule is CCCC1CCCN(c2snc(N)c2OC)CC1. The maximum absolute atomic E-state index is 5.82. The van der Waals surface area contributed by atoms with E-state index < -0.39 is 0 Å². The number of anilines is 2. The molecule has 5 heteroatoms. The van der Waals surface area contributed by atoms with Gasteiger partial charge in [0.25, 0.3) is 0 Å². The van der Waals surface area contributed by atoms with Crippen molar-refractivity contribution in [1.82, 2.24) is 4.37 Å². The fraction of sp³-hybridized carbons (Fsp3) is 0.769. The van der Waals surface area contributed by atoms with Crippen LogP contribution in [0, 0.1) is 5.92 Å². The molecule has 0 amide bonds. The first-order valence-corrected chi connectivity index (χ1v) is 7.57. The minimum absolute atomic E-state index is 0.520. The van der Waals surface area contributed by atoms with Crippen LogP contribution < -0.4 is 15.4 Å². The number of methoxy groups -OCH3 is 1. The van der Waals surface area contributed by atoms with Crippen LogP contribution in [-0.4, -0.2) is 24.6 Å². The highest BCUT2D eigenvalue weighted by Crippen LogP contribution is 2.39. The average Bonchev–Trinajstić information content (AvgIpc) is 2.59. The third kappa shape index (κ3) is 2.88. The molecule has 18 heavy (non-hydrogen) atoms. The zero-order valence-corrected chi connectivity index (χ0v) is 12.1. The average molecular weight is 269 g/mol. The van der Waals surface area contributed by atoms with E-state index in [0.29, 0.717) is 5.82 Å². The minimum atomic E-state index is 0.520. The molecule has 4 nitrogen and oxygen atoms in total. The quantitative estimate of drug-likeness (QED) is 0.912. The van der Waals surface area contributed by atoms with E-state index in [0.717, 1.165) is 29.8 Å². The summed E-state index contributed by atoms with van der Waals surface area (Å²) in [7, 11) is 1.67. The van der Waals surface area contributed by atoms with E-state index in [-0.39, 0.29) is 0 Å². The second-order valence-electron chi connectivity index (χ2n) is 4.98. The molecule has 2 heterocycles. The molecular formula is C13H23N3OS.